The lowest BCUT2D eigenvalue weighted by Gasteiger charge is -2.34. The molecule has 0 unspecified atom stereocenters. The lowest BCUT2D eigenvalue weighted by molar-refractivity contribution is 0.0666. The minimum Gasteiger partial charge on any atom is -0.334 e. The highest BCUT2D eigenvalue weighted by atomic mass is 16.2. The first-order valence-corrected chi connectivity index (χ1v) is 8.37. The zero-order valence-electron chi connectivity index (χ0n) is 14.5. The van der Waals surface area contributed by atoms with Gasteiger partial charge in [-0.05, 0) is 43.7 Å². The summed E-state index contributed by atoms with van der Waals surface area (Å²) in [6, 6.07) is 11.2. The van der Waals surface area contributed by atoms with Gasteiger partial charge in [0.25, 0.3) is 5.91 Å². The number of benzene rings is 1. The molecule has 2 aromatic rings. The van der Waals surface area contributed by atoms with Crippen molar-refractivity contribution in [3.63, 3.8) is 0 Å². The molecule has 1 aromatic carbocycles. The number of urea groups is 1. The first-order valence-electron chi connectivity index (χ1n) is 8.37. The number of nitrogens with zero attached hydrogens (tertiary/aromatic N) is 3. The minimum absolute atomic E-state index is 0.0812. The molecule has 6 nitrogen and oxygen atoms in total. The molecule has 25 heavy (non-hydrogen) atoms. The second kappa shape index (κ2) is 7.34. The average Bonchev–Trinajstić information content (AvgIpc) is 2.63. The molecule has 0 atom stereocenters. The molecular formula is C19H22N4O2. The number of carbonyl (C=O) groups is 2. The third-order valence-electron chi connectivity index (χ3n) is 4.29. The van der Waals surface area contributed by atoms with Crippen molar-refractivity contribution in [2.24, 2.45) is 0 Å². The number of piperazine rings is 1. The van der Waals surface area contributed by atoms with E-state index in [2.05, 4.69) is 10.3 Å². The van der Waals surface area contributed by atoms with Crippen LogP contribution in [0.15, 0.2) is 42.6 Å². The van der Waals surface area contributed by atoms with E-state index in [4.69, 9.17) is 0 Å². The predicted octanol–water partition coefficient (Wildman–Crippen LogP) is 2.69. The van der Waals surface area contributed by atoms with E-state index in [-0.39, 0.29) is 11.9 Å². The molecule has 1 aromatic heterocycles. The van der Waals surface area contributed by atoms with Gasteiger partial charge < -0.3 is 15.1 Å². The molecule has 0 radical (unpaired) electrons. The van der Waals surface area contributed by atoms with E-state index in [0.29, 0.717) is 31.9 Å². The molecule has 0 spiro atoms. The van der Waals surface area contributed by atoms with Gasteiger partial charge in [0, 0.05) is 38.1 Å². The zero-order valence-corrected chi connectivity index (χ0v) is 14.5. The maximum absolute atomic E-state index is 12.5. The number of rotatable bonds is 2. The van der Waals surface area contributed by atoms with Gasteiger partial charge in [0.05, 0.1) is 0 Å². The van der Waals surface area contributed by atoms with Crippen molar-refractivity contribution in [3.05, 3.63) is 59.4 Å². The van der Waals surface area contributed by atoms with E-state index in [1.807, 2.05) is 44.2 Å². The van der Waals surface area contributed by atoms with Gasteiger partial charge in [-0.25, -0.2) is 4.79 Å². The fourth-order valence-electron chi connectivity index (χ4n) is 2.77. The van der Waals surface area contributed by atoms with Gasteiger partial charge in [0.1, 0.15) is 5.69 Å². The van der Waals surface area contributed by atoms with Crippen molar-refractivity contribution in [1.29, 1.82) is 0 Å². The lowest BCUT2D eigenvalue weighted by atomic mass is 10.2. The molecule has 6 heteroatoms. The molecule has 1 aliphatic heterocycles. The maximum atomic E-state index is 12.5. The first-order chi connectivity index (χ1) is 12.0. The number of hydrogen-bond acceptors (Lipinski definition) is 3. The summed E-state index contributed by atoms with van der Waals surface area (Å²) in [7, 11) is 0. The van der Waals surface area contributed by atoms with E-state index in [9.17, 15) is 9.59 Å². The third kappa shape index (κ3) is 4.15. The zero-order chi connectivity index (χ0) is 17.8. The second-order valence-corrected chi connectivity index (χ2v) is 6.29. The number of hydrogen-bond donors (Lipinski definition) is 1. The average molecular weight is 338 g/mol. The molecule has 3 rings (SSSR count). The fourth-order valence-corrected chi connectivity index (χ4v) is 2.77. The van der Waals surface area contributed by atoms with Crippen LogP contribution in [0.1, 0.15) is 21.6 Å². The van der Waals surface area contributed by atoms with E-state index in [1.165, 1.54) is 0 Å². The van der Waals surface area contributed by atoms with Gasteiger partial charge in [0.2, 0.25) is 0 Å². The van der Waals surface area contributed by atoms with Crippen LogP contribution in [0.2, 0.25) is 0 Å². The summed E-state index contributed by atoms with van der Waals surface area (Å²) >= 11 is 0. The molecule has 2 heterocycles. The Morgan fingerprint density at radius 3 is 2.20 bits per heavy atom. The molecule has 1 aliphatic rings. The smallest absolute Gasteiger partial charge is 0.321 e. The summed E-state index contributed by atoms with van der Waals surface area (Å²) in [6.45, 7) is 5.98. The van der Waals surface area contributed by atoms with Crippen molar-refractivity contribution in [2.75, 3.05) is 31.5 Å². The largest absolute Gasteiger partial charge is 0.334 e. The van der Waals surface area contributed by atoms with Crippen LogP contribution in [0.3, 0.4) is 0 Å². The molecule has 1 saturated heterocycles. The van der Waals surface area contributed by atoms with E-state index >= 15 is 0 Å². The van der Waals surface area contributed by atoms with Crippen LogP contribution in [0, 0.1) is 13.8 Å². The predicted molar refractivity (Wildman–Crippen MR) is 96.6 cm³/mol. The van der Waals surface area contributed by atoms with Crippen molar-refractivity contribution in [1.82, 2.24) is 14.8 Å². The van der Waals surface area contributed by atoms with Crippen LogP contribution >= 0.6 is 0 Å². The highest BCUT2D eigenvalue weighted by molar-refractivity contribution is 5.93. The Morgan fingerprint density at radius 1 is 0.920 bits per heavy atom. The molecule has 0 bridgehead atoms. The normalized spacial score (nSPS) is 14.3. The number of anilines is 1. The highest BCUT2D eigenvalue weighted by Gasteiger charge is 2.25. The Hall–Kier alpha value is -2.89. The lowest BCUT2D eigenvalue weighted by Crippen LogP contribution is -2.51. The van der Waals surface area contributed by atoms with Gasteiger partial charge in [-0.3, -0.25) is 9.78 Å². The molecule has 0 aliphatic carbocycles. The summed E-state index contributed by atoms with van der Waals surface area (Å²) in [5.74, 6) is -0.0812. The van der Waals surface area contributed by atoms with Crippen molar-refractivity contribution in [3.8, 4) is 0 Å². The number of aromatic nitrogens is 1. The molecule has 130 valence electrons. The van der Waals surface area contributed by atoms with Crippen molar-refractivity contribution >= 4 is 17.6 Å². The van der Waals surface area contributed by atoms with Crippen LogP contribution in [-0.2, 0) is 0 Å². The molecular weight excluding hydrogens is 316 g/mol. The van der Waals surface area contributed by atoms with Gasteiger partial charge in [-0.2, -0.15) is 0 Å². The minimum atomic E-state index is -0.135. The standard InChI is InChI=1S/C19H22N4O2/c1-14-3-5-16(6-4-14)21-19(25)23-11-9-22(10-12-23)18(24)17-13-15(2)7-8-20-17/h3-8,13H,9-12H2,1-2H3,(H,21,25). The Morgan fingerprint density at radius 2 is 1.56 bits per heavy atom. The molecule has 1 fully saturated rings. The van der Waals surface area contributed by atoms with E-state index in [1.54, 1.807) is 22.1 Å². The van der Waals surface area contributed by atoms with Gasteiger partial charge in [0.15, 0.2) is 0 Å². The number of carbonyl (C=O) groups excluding carboxylic acids is 2. The SMILES string of the molecule is Cc1ccc(NC(=O)N2CCN(C(=O)c3cc(C)ccn3)CC2)cc1. The van der Waals surface area contributed by atoms with Crippen LogP contribution in [0.5, 0.6) is 0 Å². The van der Waals surface area contributed by atoms with E-state index in [0.717, 1.165) is 16.8 Å². The second-order valence-electron chi connectivity index (χ2n) is 6.29. The van der Waals surface area contributed by atoms with Crippen LogP contribution < -0.4 is 5.32 Å². The number of amides is 3. The number of aryl methyl sites for hydroxylation is 2. The van der Waals surface area contributed by atoms with Crippen LogP contribution in [0.25, 0.3) is 0 Å². The Balaban J connectivity index is 1.55. The van der Waals surface area contributed by atoms with Crippen molar-refractivity contribution in [2.45, 2.75) is 13.8 Å². The Labute approximate surface area is 147 Å². The first kappa shape index (κ1) is 17.0. The molecule has 3 amide bonds. The summed E-state index contributed by atoms with van der Waals surface area (Å²) in [5, 5.41) is 2.89. The third-order valence-corrected chi connectivity index (χ3v) is 4.29. The quantitative estimate of drug-likeness (QED) is 0.915. The summed E-state index contributed by atoms with van der Waals surface area (Å²) in [6.07, 6.45) is 1.65. The summed E-state index contributed by atoms with van der Waals surface area (Å²) in [4.78, 5) is 32.5. The van der Waals surface area contributed by atoms with Crippen LogP contribution in [-0.4, -0.2) is 52.9 Å². The Kier molecular flexibility index (Phi) is 4.97. The summed E-state index contributed by atoms with van der Waals surface area (Å²) in [5.41, 5.74) is 3.39. The van der Waals surface area contributed by atoms with Gasteiger partial charge in [-0.15, -0.1) is 0 Å². The monoisotopic (exact) mass is 338 g/mol. The number of nitrogens with one attached hydrogen (secondary N) is 1. The molecule has 0 saturated carbocycles. The summed E-state index contributed by atoms with van der Waals surface area (Å²) < 4.78 is 0. The highest BCUT2D eigenvalue weighted by Crippen LogP contribution is 2.12. The Bertz CT molecular complexity index is 765. The van der Waals surface area contributed by atoms with Gasteiger partial charge in [-0.1, -0.05) is 17.7 Å². The number of pyridine rings is 1. The van der Waals surface area contributed by atoms with Crippen molar-refractivity contribution < 1.29 is 9.59 Å². The fraction of sp³-hybridized carbons (Fsp3) is 0.316. The van der Waals surface area contributed by atoms with Gasteiger partial charge >= 0.3 is 6.03 Å². The molecule has 1 N–H and O–H groups in total. The van der Waals surface area contributed by atoms with E-state index < -0.39 is 0 Å². The maximum Gasteiger partial charge on any atom is 0.321 e. The topological polar surface area (TPSA) is 65.5 Å². The van der Waals surface area contributed by atoms with Crippen LogP contribution in [0.4, 0.5) is 10.5 Å².